The van der Waals surface area contributed by atoms with Crippen molar-refractivity contribution in [3.63, 3.8) is 0 Å². The maximum atomic E-state index is 11.9. The van der Waals surface area contributed by atoms with E-state index in [-0.39, 0.29) is 23.3 Å². The van der Waals surface area contributed by atoms with E-state index < -0.39 is 0 Å². The van der Waals surface area contributed by atoms with E-state index in [1.54, 1.807) is 0 Å². The first-order valence-electron chi connectivity index (χ1n) is 10.0. The van der Waals surface area contributed by atoms with Gasteiger partial charge in [0, 0.05) is 17.0 Å². The van der Waals surface area contributed by atoms with E-state index in [2.05, 4.69) is 26.3 Å². The molecule has 1 N–H and O–H groups in total. The van der Waals surface area contributed by atoms with Crippen LogP contribution in [0.1, 0.15) is 62.6 Å². The van der Waals surface area contributed by atoms with Crippen molar-refractivity contribution in [3.8, 4) is 0 Å². The lowest BCUT2D eigenvalue weighted by Gasteiger charge is -2.24. The van der Waals surface area contributed by atoms with E-state index in [1.165, 1.54) is 50.5 Å². The van der Waals surface area contributed by atoms with Crippen molar-refractivity contribution >= 4 is 33.4 Å². The molecule has 3 aliphatic carbocycles. The van der Waals surface area contributed by atoms with Gasteiger partial charge in [-0.3, -0.25) is 4.79 Å². The topological polar surface area (TPSA) is 68.5 Å². The SMILES string of the molecule is COC(=O)[C@H]1CC[C@H](Nc2c3c(nc4c(Br)cnn24)C2(CCCC2)CC3)C1. The fraction of sp³-hybridized carbons (Fsp3) is 0.650. The van der Waals surface area contributed by atoms with Crippen LogP contribution in [0.25, 0.3) is 5.65 Å². The second-order valence-corrected chi connectivity index (χ2v) is 9.23. The van der Waals surface area contributed by atoms with Crippen LogP contribution in [0.4, 0.5) is 5.82 Å². The second kappa shape index (κ2) is 6.47. The number of ether oxygens (including phenoxy) is 1. The van der Waals surface area contributed by atoms with Crippen molar-refractivity contribution < 1.29 is 9.53 Å². The summed E-state index contributed by atoms with van der Waals surface area (Å²) in [4.78, 5) is 17.0. The highest BCUT2D eigenvalue weighted by Crippen LogP contribution is 2.51. The fourth-order valence-electron chi connectivity index (χ4n) is 5.53. The maximum absolute atomic E-state index is 11.9. The monoisotopic (exact) mass is 432 g/mol. The van der Waals surface area contributed by atoms with Gasteiger partial charge in [-0.15, -0.1) is 0 Å². The lowest BCUT2D eigenvalue weighted by molar-refractivity contribution is -0.145. The molecule has 7 heteroatoms. The maximum Gasteiger partial charge on any atom is 0.308 e. The number of carbonyl (C=O) groups is 1. The molecule has 0 saturated heterocycles. The number of halogens is 1. The van der Waals surface area contributed by atoms with Crippen LogP contribution >= 0.6 is 15.9 Å². The Kier molecular flexibility index (Phi) is 4.18. The quantitative estimate of drug-likeness (QED) is 0.742. The minimum atomic E-state index is -0.0869. The first-order valence-corrected chi connectivity index (χ1v) is 10.8. The number of fused-ring (bicyclic) bond motifs is 3. The van der Waals surface area contributed by atoms with E-state index in [9.17, 15) is 4.79 Å². The van der Waals surface area contributed by atoms with Gasteiger partial charge >= 0.3 is 5.97 Å². The van der Waals surface area contributed by atoms with Gasteiger partial charge in [0.15, 0.2) is 5.65 Å². The van der Waals surface area contributed by atoms with Gasteiger partial charge in [-0.2, -0.15) is 9.61 Å². The molecule has 5 rings (SSSR count). The summed E-state index contributed by atoms with van der Waals surface area (Å²) in [5, 5.41) is 8.32. The fourth-order valence-corrected chi connectivity index (χ4v) is 5.88. The zero-order valence-corrected chi connectivity index (χ0v) is 17.2. The number of esters is 1. The van der Waals surface area contributed by atoms with Gasteiger partial charge in [-0.05, 0) is 60.9 Å². The third-order valence-electron chi connectivity index (χ3n) is 6.93. The molecule has 27 heavy (non-hydrogen) atoms. The lowest BCUT2D eigenvalue weighted by Crippen LogP contribution is -2.23. The van der Waals surface area contributed by atoms with Crippen molar-refractivity contribution in [2.75, 3.05) is 12.4 Å². The Morgan fingerprint density at radius 1 is 1.33 bits per heavy atom. The Morgan fingerprint density at radius 2 is 2.15 bits per heavy atom. The van der Waals surface area contributed by atoms with Crippen LogP contribution < -0.4 is 5.32 Å². The molecule has 2 heterocycles. The molecule has 2 saturated carbocycles. The minimum Gasteiger partial charge on any atom is -0.469 e. The first kappa shape index (κ1) is 17.5. The van der Waals surface area contributed by atoms with Crippen molar-refractivity contribution in [3.05, 3.63) is 21.9 Å². The van der Waals surface area contributed by atoms with Gasteiger partial charge in [-0.25, -0.2) is 4.98 Å². The third kappa shape index (κ3) is 2.69. The van der Waals surface area contributed by atoms with Gasteiger partial charge in [0.1, 0.15) is 5.82 Å². The largest absolute Gasteiger partial charge is 0.469 e. The van der Waals surface area contributed by atoms with Gasteiger partial charge in [-0.1, -0.05) is 12.8 Å². The summed E-state index contributed by atoms with van der Waals surface area (Å²) in [5.41, 5.74) is 3.79. The zero-order valence-electron chi connectivity index (χ0n) is 15.6. The molecule has 3 aliphatic rings. The highest BCUT2D eigenvalue weighted by Gasteiger charge is 2.44. The molecule has 6 nitrogen and oxygen atoms in total. The normalized spacial score (nSPS) is 26.0. The molecule has 0 aromatic carbocycles. The molecule has 2 atom stereocenters. The summed E-state index contributed by atoms with van der Waals surface area (Å²) in [6.07, 6.45) is 11.9. The van der Waals surface area contributed by atoms with Crippen LogP contribution in [-0.4, -0.2) is 33.7 Å². The van der Waals surface area contributed by atoms with Gasteiger partial charge < -0.3 is 10.1 Å². The summed E-state index contributed by atoms with van der Waals surface area (Å²) in [5.74, 6) is 1.000. The molecule has 0 unspecified atom stereocenters. The predicted octanol–water partition coefficient (Wildman–Crippen LogP) is 4.00. The van der Waals surface area contributed by atoms with Crippen molar-refractivity contribution in [1.82, 2.24) is 14.6 Å². The van der Waals surface area contributed by atoms with Crippen LogP contribution in [-0.2, 0) is 21.4 Å². The molecule has 0 amide bonds. The number of hydrogen-bond acceptors (Lipinski definition) is 5. The molecule has 0 radical (unpaired) electrons. The Balaban J connectivity index is 1.54. The first-order chi connectivity index (χ1) is 13.1. The number of hydrogen-bond donors (Lipinski definition) is 1. The molecule has 2 aromatic rings. The lowest BCUT2D eigenvalue weighted by atomic mass is 9.83. The molecule has 144 valence electrons. The van der Waals surface area contributed by atoms with Gasteiger partial charge in [0.25, 0.3) is 0 Å². The molecule has 2 fully saturated rings. The molecule has 1 spiro atoms. The van der Waals surface area contributed by atoms with E-state index >= 15 is 0 Å². The van der Waals surface area contributed by atoms with Crippen LogP contribution in [0.15, 0.2) is 10.7 Å². The zero-order chi connectivity index (χ0) is 18.6. The second-order valence-electron chi connectivity index (χ2n) is 8.38. The Morgan fingerprint density at radius 3 is 2.93 bits per heavy atom. The Hall–Kier alpha value is -1.63. The number of nitrogens with zero attached hydrogens (tertiary/aromatic N) is 3. The highest BCUT2D eigenvalue weighted by molar-refractivity contribution is 9.10. The number of carbonyl (C=O) groups excluding carboxylic acids is 1. The summed E-state index contributed by atoms with van der Waals surface area (Å²) >= 11 is 3.62. The van der Waals surface area contributed by atoms with Gasteiger partial charge in [0.05, 0.1) is 29.4 Å². The highest BCUT2D eigenvalue weighted by atomic mass is 79.9. The van der Waals surface area contributed by atoms with E-state index in [0.717, 1.165) is 41.6 Å². The molecular weight excluding hydrogens is 408 g/mol. The van der Waals surface area contributed by atoms with Crippen molar-refractivity contribution in [1.29, 1.82) is 0 Å². The summed E-state index contributed by atoms with van der Waals surface area (Å²) < 4.78 is 7.83. The summed E-state index contributed by atoms with van der Waals surface area (Å²) in [6.45, 7) is 0. The molecular formula is C20H25BrN4O2. The number of nitrogens with one attached hydrogen (secondary N) is 1. The molecule has 0 aliphatic heterocycles. The minimum absolute atomic E-state index is 0.00316. The Bertz CT molecular complexity index is 903. The number of anilines is 1. The summed E-state index contributed by atoms with van der Waals surface area (Å²) in [7, 11) is 1.48. The summed E-state index contributed by atoms with van der Waals surface area (Å²) in [6, 6.07) is 0.270. The molecule has 0 bridgehead atoms. The standard InChI is InChI=1S/C20H25BrN4O2/c1-27-19(26)12-4-5-13(10-12)23-17-14-6-9-20(7-2-3-8-20)16(14)24-18-15(21)11-22-25(17)18/h11-13,23H,2-10H2,1H3/t12-,13-/m0/s1. The van der Waals surface area contributed by atoms with E-state index in [0.29, 0.717) is 0 Å². The van der Waals surface area contributed by atoms with Crippen LogP contribution in [0.5, 0.6) is 0 Å². The smallest absolute Gasteiger partial charge is 0.308 e. The average molecular weight is 433 g/mol. The Labute approximate surface area is 167 Å². The third-order valence-corrected chi connectivity index (χ3v) is 7.49. The number of methoxy groups -OCH3 is 1. The van der Waals surface area contributed by atoms with E-state index in [1.807, 2.05) is 10.7 Å². The van der Waals surface area contributed by atoms with Crippen molar-refractivity contribution in [2.45, 2.75) is 69.2 Å². The number of rotatable bonds is 3. The predicted molar refractivity (Wildman–Crippen MR) is 106 cm³/mol. The molecule has 2 aromatic heterocycles. The van der Waals surface area contributed by atoms with Gasteiger partial charge in [0.2, 0.25) is 0 Å². The average Bonchev–Trinajstić information content (AvgIpc) is 3.45. The van der Waals surface area contributed by atoms with Crippen LogP contribution in [0, 0.1) is 5.92 Å². The van der Waals surface area contributed by atoms with Crippen LogP contribution in [0.2, 0.25) is 0 Å². The number of aromatic nitrogens is 3. The van der Waals surface area contributed by atoms with Crippen molar-refractivity contribution in [2.24, 2.45) is 5.92 Å². The van der Waals surface area contributed by atoms with E-state index in [4.69, 9.17) is 9.72 Å². The van der Waals surface area contributed by atoms with Crippen LogP contribution in [0.3, 0.4) is 0 Å².